The number of benzene rings is 2. The van der Waals surface area contributed by atoms with Crippen molar-refractivity contribution in [3.63, 3.8) is 0 Å². The van der Waals surface area contributed by atoms with Crippen LogP contribution < -0.4 is 15.5 Å². The third kappa shape index (κ3) is 8.28. The first-order chi connectivity index (χ1) is 16.7. The van der Waals surface area contributed by atoms with E-state index in [0.29, 0.717) is 11.4 Å². The van der Waals surface area contributed by atoms with Crippen molar-refractivity contribution in [3.8, 4) is 0 Å². The van der Waals surface area contributed by atoms with E-state index in [-0.39, 0.29) is 18.5 Å². The minimum atomic E-state index is -1.79. The highest BCUT2D eigenvalue weighted by Crippen LogP contribution is 2.22. The lowest BCUT2D eigenvalue weighted by molar-refractivity contribution is -0.123. The predicted octanol–water partition coefficient (Wildman–Crippen LogP) is 3.61. The summed E-state index contributed by atoms with van der Waals surface area (Å²) >= 11 is 0. The maximum atomic E-state index is 13.2. The van der Waals surface area contributed by atoms with Gasteiger partial charge in [-0.05, 0) is 62.6 Å². The van der Waals surface area contributed by atoms with Crippen molar-refractivity contribution in [1.82, 2.24) is 5.32 Å². The Morgan fingerprint density at radius 1 is 0.971 bits per heavy atom. The van der Waals surface area contributed by atoms with Crippen LogP contribution in [0.2, 0.25) is 0 Å². The molecule has 1 aliphatic carbocycles. The molecule has 1 saturated carbocycles. The lowest BCUT2D eigenvalue weighted by atomic mass is 9.95. The number of halogens is 1. The molecule has 1 atom stereocenters. The Morgan fingerprint density at radius 2 is 1.66 bits per heavy atom. The van der Waals surface area contributed by atoms with Crippen molar-refractivity contribution in [2.45, 2.75) is 52.0 Å². The number of carbonyl (C=O) groups excluding carboxylic acids is 3. The third-order valence-corrected chi connectivity index (χ3v) is 7.07. The number of hydrogen-bond donors (Lipinski definition) is 2. The highest BCUT2D eigenvalue weighted by atomic mass is 32.2. The van der Waals surface area contributed by atoms with Crippen LogP contribution in [0.5, 0.6) is 0 Å². The third-order valence-electron chi connectivity index (χ3n) is 5.92. The molecule has 0 saturated heterocycles. The van der Waals surface area contributed by atoms with Gasteiger partial charge in [-0.2, -0.15) is 0 Å². The summed E-state index contributed by atoms with van der Waals surface area (Å²) in [4.78, 5) is 39.6. The molecule has 3 amide bonds. The van der Waals surface area contributed by atoms with Crippen LogP contribution in [0.4, 0.5) is 15.8 Å². The first kappa shape index (κ1) is 26.5. The van der Waals surface area contributed by atoms with Crippen molar-refractivity contribution >= 4 is 39.9 Å². The van der Waals surface area contributed by atoms with Crippen molar-refractivity contribution < 1.29 is 23.0 Å². The SMILES string of the molecule is Cc1ccc(N(CC(=O)NC2CCCCC2)C(=O)CS(=O)CC(=O)Nc2ccc(F)cc2)c(C)c1. The summed E-state index contributed by atoms with van der Waals surface area (Å²) in [6.45, 7) is 3.61. The molecule has 0 spiro atoms. The van der Waals surface area contributed by atoms with Crippen molar-refractivity contribution in [3.05, 3.63) is 59.4 Å². The average Bonchev–Trinajstić information content (AvgIpc) is 2.80. The average molecular weight is 502 g/mol. The van der Waals surface area contributed by atoms with E-state index in [1.54, 1.807) is 6.07 Å². The summed E-state index contributed by atoms with van der Waals surface area (Å²) in [5.41, 5.74) is 2.79. The second kappa shape index (κ2) is 12.6. The van der Waals surface area contributed by atoms with E-state index in [4.69, 9.17) is 0 Å². The molecule has 2 aromatic carbocycles. The van der Waals surface area contributed by atoms with Crippen LogP contribution in [0.15, 0.2) is 42.5 Å². The monoisotopic (exact) mass is 501 g/mol. The highest BCUT2D eigenvalue weighted by molar-refractivity contribution is 7.86. The Bertz CT molecular complexity index is 1080. The van der Waals surface area contributed by atoms with Crippen LogP contribution in [-0.4, -0.2) is 46.0 Å². The minimum Gasteiger partial charge on any atom is -0.352 e. The van der Waals surface area contributed by atoms with Crippen LogP contribution in [0.3, 0.4) is 0 Å². The summed E-state index contributed by atoms with van der Waals surface area (Å²) in [5.74, 6) is -2.53. The van der Waals surface area contributed by atoms with Crippen molar-refractivity contribution in [2.75, 3.05) is 28.3 Å². The maximum Gasteiger partial charge on any atom is 0.240 e. The zero-order valence-corrected chi connectivity index (χ0v) is 21.0. The van der Waals surface area contributed by atoms with E-state index in [1.165, 1.54) is 35.6 Å². The van der Waals surface area contributed by atoms with Gasteiger partial charge < -0.3 is 15.5 Å². The molecule has 1 fully saturated rings. The van der Waals surface area contributed by atoms with Crippen LogP contribution in [0.1, 0.15) is 43.2 Å². The minimum absolute atomic E-state index is 0.108. The zero-order chi connectivity index (χ0) is 25.4. The number of nitrogens with one attached hydrogen (secondary N) is 2. The summed E-state index contributed by atoms with van der Waals surface area (Å²) in [5, 5.41) is 5.56. The number of amides is 3. The van der Waals surface area contributed by atoms with Gasteiger partial charge in [0.15, 0.2) is 0 Å². The Hall–Kier alpha value is -3.07. The van der Waals surface area contributed by atoms with E-state index in [1.807, 2.05) is 26.0 Å². The molecule has 0 aliphatic heterocycles. The molecular formula is C26H32FN3O4S. The van der Waals surface area contributed by atoms with Gasteiger partial charge in [-0.25, -0.2) is 4.39 Å². The normalized spacial score (nSPS) is 14.7. The summed E-state index contributed by atoms with van der Waals surface area (Å²) in [6.07, 6.45) is 5.17. The molecule has 1 aliphatic rings. The van der Waals surface area contributed by atoms with Crippen molar-refractivity contribution in [1.29, 1.82) is 0 Å². The second-order valence-corrected chi connectivity index (χ2v) is 10.4. The molecule has 0 aromatic heterocycles. The van der Waals surface area contributed by atoms with Gasteiger partial charge in [0.05, 0.1) is 0 Å². The van der Waals surface area contributed by atoms with Gasteiger partial charge in [0.1, 0.15) is 23.9 Å². The summed E-state index contributed by atoms with van der Waals surface area (Å²) in [7, 11) is -1.79. The molecule has 2 aromatic rings. The van der Waals surface area contributed by atoms with E-state index >= 15 is 0 Å². The molecular weight excluding hydrogens is 469 g/mol. The maximum absolute atomic E-state index is 13.2. The number of carbonyl (C=O) groups is 3. The Kier molecular flexibility index (Phi) is 9.54. The molecule has 1 unspecified atom stereocenters. The van der Waals surface area contributed by atoms with E-state index in [0.717, 1.165) is 36.8 Å². The summed E-state index contributed by atoms with van der Waals surface area (Å²) in [6, 6.07) is 10.9. The van der Waals surface area contributed by atoms with Crippen LogP contribution in [-0.2, 0) is 25.2 Å². The smallest absolute Gasteiger partial charge is 0.240 e. The van der Waals surface area contributed by atoms with Crippen molar-refractivity contribution in [2.24, 2.45) is 0 Å². The lowest BCUT2D eigenvalue weighted by Gasteiger charge is -2.27. The molecule has 0 bridgehead atoms. The number of nitrogens with zero attached hydrogens (tertiary/aromatic N) is 1. The Balaban J connectivity index is 1.65. The first-order valence-corrected chi connectivity index (χ1v) is 13.3. The van der Waals surface area contributed by atoms with E-state index < -0.39 is 39.9 Å². The van der Waals surface area contributed by atoms with Crippen LogP contribution in [0.25, 0.3) is 0 Å². The first-order valence-electron chi connectivity index (χ1n) is 11.8. The van der Waals surface area contributed by atoms with Gasteiger partial charge in [0.2, 0.25) is 17.7 Å². The van der Waals surface area contributed by atoms with E-state index in [9.17, 15) is 23.0 Å². The topological polar surface area (TPSA) is 95.6 Å². The van der Waals surface area contributed by atoms with Gasteiger partial charge in [0, 0.05) is 28.2 Å². The molecule has 188 valence electrons. The second-order valence-electron chi connectivity index (χ2n) is 8.96. The molecule has 3 rings (SSSR count). The predicted molar refractivity (Wildman–Crippen MR) is 136 cm³/mol. The molecule has 35 heavy (non-hydrogen) atoms. The molecule has 2 N–H and O–H groups in total. The number of hydrogen-bond acceptors (Lipinski definition) is 4. The Morgan fingerprint density at radius 3 is 2.31 bits per heavy atom. The van der Waals surface area contributed by atoms with Gasteiger partial charge in [-0.15, -0.1) is 0 Å². The Labute approximate surface area is 207 Å². The fourth-order valence-electron chi connectivity index (χ4n) is 4.22. The molecule has 0 heterocycles. The highest BCUT2D eigenvalue weighted by Gasteiger charge is 2.25. The van der Waals surface area contributed by atoms with Gasteiger partial charge >= 0.3 is 0 Å². The largest absolute Gasteiger partial charge is 0.352 e. The quantitative estimate of drug-likeness (QED) is 0.549. The number of aryl methyl sites for hydroxylation is 2. The fourth-order valence-corrected chi connectivity index (χ4v) is 5.12. The van der Waals surface area contributed by atoms with E-state index in [2.05, 4.69) is 10.6 Å². The van der Waals surface area contributed by atoms with Gasteiger partial charge in [-0.1, -0.05) is 37.0 Å². The van der Waals surface area contributed by atoms with Gasteiger partial charge in [-0.3, -0.25) is 18.6 Å². The van der Waals surface area contributed by atoms with Crippen LogP contribution >= 0.6 is 0 Å². The zero-order valence-electron chi connectivity index (χ0n) is 20.1. The molecule has 7 nitrogen and oxygen atoms in total. The standard InChI is InChI=1S/C26H32FN3O4S/c1-18-8-13-23(19(2)14-18)30(15-24(31)28-21-6-4-3-5-7-21)26(33)17-35(34)16-25(32)29-22-11-9-20(27)10-12-22/h8-14,21H,3-7,15-17H2,1-2H3,(H,28,31)(H,29,32). The number of rotatable bonds is 9. The molecule has 0 radical (unpaired) electrons. The summed E-state index contributed by atoms with van der Waals surface area (Å²) < 4.78 is 25.7. The lowest BCUT2D eigenvalue weighted by Crippen LogP contribution is -2.46. The fraction of sp³-hybridized carbons (Fsp3) is 0.423. The van der Waals surface area contributed by atoms with Gasteiger partial charge in [0.25, 0.3) is 0 Å². The molecule has 9 heteroatoms. The number of anilines is 2. The van der Waals surface area contributed by atoms with Crippen LogP contribution in [0, 0.1) is 19.7 Å².